The number of rotatable bonds is 2. The van der Waals surface area contributed by atoms with Gasteiger partial charge in [-0.15, -0.1) is 0 Å². The average molecular weight is 404 g/mol. The van der Waals surface area contributed by atoms with Crippen molar-refractivity contribution in [2.45, 2.75) is 20.8 Å². The van der Waals surface area contributed by atoms with Gasteiger partial charge in [0.05, 0.1) is 17.2 Å². The van der Waals surface area contributed by atoms with Gasteiger partial charge in [0, 0.05) is 28.5 Å². The monoisotopic (exact) mass is 403 g/mol. The van der Waals surface area contributed by atoms with Crippen LogP contribution in [-0.2, 0) is 7.05 Å². The third kappa shape index (κ3) is 3.08. The van der Waals surface area contributed by atoms with Crippen LogP contribution in [0.4, 0.5) is 0 Å². The normalized spacial score (nSPS) is 11.2. The van der Waals surface area contributed by atoms with Gasteiger partial charge in [0.15, 0.2) is 6.20 Å². The number of hydrogen-bond donors (Lipinski definition) is 0. The number of aryl methyl sites for hydroxylation is 4. The summed E-state index contributed by atoms with van der Waals surface area (Å²) >= 11 is 0. The second kappa shape index (κ2) is 7.11. The molecule has 0 bridgehead atoms. The van der Waals surface area contributed by atoms with Crippen molar-refractivity contribution in [2.75, 3.05) is 0 Å². The van der Waals surface area contributed by atoms with Gasteiger partial charge >= 0.3 is 0 Å². The average Bonchev–Trinajstić information content (AvgIpc) is 3.14. The van der Waals surface area contributed by atoms with Crippen molar-refractivity contribution in [2.24, 2.45) is 7.05 Å². The third-order valence-corrected chi connectivity index (χ3v) is 6.00. The highest BCUT2D eigenvalue weighted by atomic mass is 16.3. The van der Waals surface area contributed by atoms with Gasteiger partial charge in [-0.1, -0.05) is 42.0 Å². The number of benzene rings is 3. The quantitative estimate of drug-likeness (QED) is 0.314. The van der Waals surface area contributed by atoms with Crippen molar-refractivity contribution in [1.29, 1.82) is 5.26 Å². The van der Waals surface area contributed by atoms with E-state index in [0.717, 1.165) is 49.9 Å². The minimum absolute atomic E-state index is 0.633. The van der Waals surface area contributed by atoms with Crippen LogP contribution in [-0.4, -0.2) is 0 Å². The van der Waals surface area contributed by atoms with Gasteiger partial charge in [0.2, 0.25) is 5.69 Å². The van der Waals surface area contributed by atoms with E-state index in [1.54, 1.807) is 0 Å². The molecule has 0 amide bonds. The zero-order chi connectivity index (χ0) is 21.7. The van der Waals surface area contributed by atoms with E-state index in [-0.39, 0.29) is 0 Å². The molecule has 2 heterocycles. The number of fused-ring (bicyclic) bond motifs is 3. The highest BCUT2D eigenvalue weighted by molar-refractivity contribution is 6.13. The van der Waals surface area contributed by atoms with E-state index in [9.17, 15) is 5.26 Å². The van der Waals surface area contributed by atoms with Gasteiger partial charge < -0.3 is 4.42 Å². The van der Waals surface area contributed by atoms with E-state index in [2.05, 4.69) is 93.2 Å². The Kier molecular flexibility index (Phi) is 4.38. The highest BCUT2D eigenvalue weighted by Gasteiger charge is 2.22. The number of hydrogen-bond acceptors (Lipinski definition) is 2. The lowest BCUT2D eigenvalue weighted by molar-refractivity contribution is -0.660. The summed E-state index contributed by atoms with van der Waals surface area (Å²) in [6.45, 7) is 6.29. The summed E-state index contributed by atoms with van der Waals surface area (Å²) < 4.78 is 8.73. The first-order valence-corrected chi connectivity index (χ1v) is 10.4. The van der Waals surface area contributed by atoms with Gasteiger partial charge in [-0.05, 0) is 49.6 Å². The lowest BCUT2D eigenvalue weighted by atomic mass is 9.97. The molecule has 5 aromatic rings. The van der Waals surface area contributed by atoms with Crippen LogP contribution in [0, 0.1) is 32.1 Å². The maximum atomic E-state index is 9.68. The molecule has 2 aromatic heterocycles. The largest absolute Gasteiger partial charge is 0.454 e. The predicted molar refractivity (Wildman–Crippen MR) is 125 cm³/mol. The second-order valence-corrected chi connectivity index (χ2v) is 8.31. The molecule has 150 valence electrons. The summed E-state index contributed by atoms with van der Waals surface area (Å²) in [5.41, 5.74) is 10.1. The van der Waals surface area contributed by atoms with Crippen molar-refractivity contribution in [3.8, 4) is 28.5 Å². The fourth-order valence-electron chi connectivity index (χ4n) is 4.29. The minimum Gasteiger partial charge on any atom is -0.454 e. The molecule has 0 aliphatic rings. The molecule has 0 fully saturated rings. The molecule has 0 saturated heterocycles. The maximum Gasteiger partial charge on any atom is 0.216 e. The van der Waals surface area contributed by atoms with Crippen molar-refractivity contribution >= 4 is 21.9 Å². The molecule has 3 nitrogen and oxygen atoms in total. The van der Waals surface area contributed by atoms with E-state index in [0.29, 0.717) is 5.56 Å². The molecule has 0 unspecified atom stereocenters. The Bertz CT molecular complexity index is 1520. The number of pyridine rings is 1. The molecule has 0 N–H and O–H groups in total. The Balaban J connectivity index is 1.91. The number of nitrogens with zero attached hydrogens (tertiary/aromatic N) is 2. The first kappa shape index (κ1) is 19.1. The van der Waals surface area contributed by atoms with Crippen molar-refractivity contribution < 1.29 is 8.98 Å². The Hall–Kier alpha value is -3.90. The lowest BCUT2D eigenvalue weighted by Crippen LogP contribution is -2.30. The van der Waals surface area contributed by atoms with Gasteiger partial charge in [0.1, 0.15) is 18.2 Å². The van der Waals surface area contributed by atoms with Crippen LogP contribution < -0.4 is 4.57 Å². The summed E-state index contributed by atoms with van der Waals surface area (Å²) in [7, 11) is 2.06. The summed E-state index contributed by atoms with van der Waals surface area (Å²) in [5.74, 6) is 0. The van der Waals surface area contributed by atoms with Crippen molar-refractivity contribution in [3.63, 3.8) is 0 Å². The molecule has 0 saturated carbocycles. The minimum atomic E-state index is 0.633. The van der Waals surface area contributed by atoms with Crippen LogP contribution in [0.25, 0.3) is 44.3 Å². The third-order valence-electron chi connectivity index (χ3n) is 6.00. The Labute approximate surface area is 181 Å². The molecule has 0 radical (unpaired) electrons. The molecule has 31 heavy (non-hydrogen) atoms. The standard InChI is InChI=1S/C28H23N2O/c1-17-5-8-21(9-6-17)23-14-20(16-29)15-24-22-10-7-19(3)26(28(22)31-27(23)24)25-13-18(2)11-12-30(25)4/h5-15H,1-4H3/q+1. The summed E-state index contributed by atoms with van der Waals surface area (Å²) in [6, 6.07) is 23.1. The number of aromatic nitrogens is 1. The SMILES string of the molecule is Cc1ccc(-c2cc(C#N)cc3c2oc2c(-c4cc(C)cc[n+]4C)c(C)ccc23)cc1. The highest BCUT2D eigenvalue weighted by Crippen LogP contribution is 2.41. The zero-order valence-corrected chi connectivity index (χ0v) is 18.2. The topological polar surface area (TPSA) is 40.8 Å². The molecule has 3 heteroatoms. The van der Waals surface area contributed by atoms with E-state index >= 15 is 0 Å². The molecule has 5 rings (SSSR count). The van der Waals surface area contributed by atoms with Crippen LogP contribution in [0.15, 0.2) is 71.3 Å². The molecular weight excluding hydrogens is 380 g/mol. The number of furan rings is 1. The van der Waals surface area contributed by atoms with Crippen LogP contribution in [0.1, 0.15) is 22.3 Å². The number of nitriles is 1. The van der Waals surface area contributed by atoms with Gasteiger partial charge in [-0.2, -0.15) is 5.26 Å². The molecule has 0 aliphatic carbocycles. The van der Waals surface area contributed by atoms with E-state index < -0.39 is 0 Å². The molecule has 3 aromatic carbocycles. The van der Waals surface area contributed by atoms with E-state index in [4.69, 9.17) is 4.42 Å². The van der Waals surface area contributed by atoms with Crippen molar-refractivity contribution in [3.05, 3.63) is 89.1 Å². The first-order valence-electron chi connectivity index (χ1n) is 10.4. The summed E-state index contributed by atoms with van der Waals surface area (Å²) in [5, 5.41) is 11.7. The van der Waals surface area contributed by atoms with Gasteiger partial charge in [0.25, 0.3) is 0 Å². The molecule has 0 spiro atoms. The van der Waals surface area contributed by atoms with Gasteiger partial charge in [-0.25, -0.2) is 4.57 Å². The zero-order valence-electron chi connectivity index (χ0n) is 18.2. The fourth-order valence-corrected chi connectivity index (χ4v) is 4.29. The Morgan fingerprint density at radius 2 is 1.58 bits per heavy atom. The maximum absolute atomic E-state index is 9.68. The Morgan fingerprint density at radius 3 is 2.32 bits per heavy atom. The van der Waals surface area contributed by atoms with Crippen LogP contribution >= 0.6 is 0 Å². The Morgan fingerprint density at radius 1 is 0.806 bits per heavy atom. The van der Waals surface area contributed by atoms with Gasteiger partial charge in [-0.3, -0.25) is 0 Å². The molecule has 0 atom stereocenters. The lowest BCUT2D eigenvalue weighted by Gasteiger charge is -2.06. The van der Waals surface area contributed by atoms with Crippen LogP contribution in [0.3, 0.4) is 0 Å². The fraction of sp³-hybridized carbons (Fsp3) is 0.143. The van der Waals surface area contributed by atoms with Crippen molar-refractivity contribution in [1.82, 2.24) is 0 Å². The first-order chi connectivity index (χ1) is 15.0. The van der Waals surface area contributed by atoms with E-state index in [1.807, 2.05) is 12.1 Å². The predicted octanol–water partition coefficient (Wildman–Crippen LogP) is 6.54. The molecular formula is C28H23N2O+. The van der Waals surface area contributed by atoms with Crippen LogP contribution in [0.2, 0.25) is 0 Å². The summed E-state index contributed by atoms with van der Waals surface area (Å²) in [6.07, 6.45) is 2.08. The molecule has 0 aliphatic heterocycles. The van der Waals surface area contributed by atoms with Crippen LogP contribution in [0.5, 0.6) is 0 Å². The second-order valence-electron chi connectivity index (χ2n) is 8.31. The van der Waals surface area contributed by atoms with E-state index in [1.165, 1.54) is 11.1 Å². The summed E-state index contributed by atoms with van der Waals surface area (Å²) in [4.78, 5) is 0. The smallest absolute Gasteiger partial charge is 0.216 e.